The SMILES string of the molecule is C=CCCC1CCC(c2ccc(CCc3ccc(C4CO4)c(F)c3Cl)cc2)CC1. The number of ether oxygens (including phenoxy) is 1. The summed E-state index contributed by atoms with van der Waals surface area (Å²) in [5, 5.41) is 0.253. The average molecular weight is 413 g/mol. The van der Waals surface area contributed by atoms with Gasteiger partial charge in [-0.25, -0.2) is 4.39 Å². The number of rotatable bonds is 8. The number of hydrogen-bond acceptors (Lipinski definition) is 1. The molecular weight excluding hydrogens is 383 g/mol. The number of epoxide rings is 1. The molecule has 0 N–H and O–H groups in total. The van der Waals surface area contributed by atoms with Crippen LogP contribution in [-0.2, 0) is 17.6 Å². The van der Waals surface area contributed by atoms with Crippen LogP contribution in [-0.4, -0.2) is 6.61 Å². The van der Waals surface area contributed by atoms with Crippen LogP contribution in [0.4, 0.5) is 4.39 Å². The fraction of sp³-hybridized carbons (Fsp3) is 0.462. The molecule has 1 heterocycles. The van der Waals surface area contributed by atoms with E-state index in [0.717, 1.165) is 30.7 Å². The molecule has 4 rings (SSSR count). The van der Waals surface area contributed by atoms with E-state index in [0.29, 0.717) is 18.1 Å². The van der Waals surface area contributed by atoms with Crippen molar-refractivity contribution in [3.8, 4) is 0 Å². The van der Waals surface area contributed by atoms with E-state index in [9.17, 15) is 4.39 Å². The van der Waals surface area contributed by atoms with E-state index in [1.165, 1.54) is 43.2 Å². The molecule has 0 bridgehead atoms. The van der Waals surface area contributed by atoms with E-state index >= 15 is 0 Å². The summed E-state index contributed by atoms with van der Waals surface area (Å²) in [6.45, 7) is 4.43. The van der Waals surface area contributed by atoms with Gasteiger partial charge in [-0.05, 0) is 79.9 Å². The second-order valence-electron chi connectivity index (χ2n) is 8.59. The Morgan fingerprint density at radius 2 is 1.76 bits per heavy atom. The summed E-state index contributed by atoms with van der Waals surface area (Å²) in [6.07, 6.45) is 11.3. The first kappa shape index (κ1) is 20.6. The second kappa shape index (κ2) is 9.45. The van der Waals surface area contributed by atoms with E-state index in [2.05, 4.69) is 30.8 Å². The Labute approximate surface area is 178 Å². The summed E-state index contributed by atoms with van der Waals surface area (Å²) in [5.41, 5.74) is 4.20. The van der Waals surface area contributed by atoms with Crippen molar-refractivity contribution in [2.24, 2.45) is 5.92 Å². The van der Waals surface area contributed by atoms with Gasteiger partial charge in [0.25, 0.3) is 0 Å². The van der Waals surface area contributed by atoms with Gasteiger partial charge in [-0.3, -0.25) is 0 Å². The Kier molecular flexibility index (Phi) is 6.72. The van der Waals surface area contributed by atoms with E-state index in [-0.39, 0.29) is 16.9 Å². The predicted octanol–water partition coefficient (Wildman–Crippen LogP) is 7.58. The first-order valence-electron chi connectivity index (χ1n) is 10.9. The van der Waals surface area contributed by atoms with Gasteiger partial charge < -0.3 is 4.74 Å². The lowest BCUT2D eigenvalue weighted by molar-refractivity contribution is 0.312. The molecule has 0 radical (unpaired) electrons. The largest absolute Gasteiger partial charge is 0.368 e. The van der Waals surface area contributed by atoms with Gasteiger partial charge in [0.1, 0.15) is 11.9 Å². The zero-order valence-corrected chi connectivity index (χ0v) is 17.8. The van der Waals surface area contributed by atoms with Gasteiger partial charge in [-0.2, -0.15) is 0 Å². The fourth-order valence-electron chi connectivity index (χ4n) is 4.65. The van der Waals surface area contributed by atoms with Crippen molar-refractivity contribution in [1.29, 1.82) is 0 Å². The van der Waals surface area contributed by atoms with Crippen LogP contribution in [0.3, 0.4) is 0 Å². The lowest BCUT2D eigenvalue weighted by Gasteiger charge is -2.28. The average Bonchev–Trinajstić information content (AvgIpc) is 3.59. The van der Waals surface area contributed by atoms with Crippen LogP contribution in [0.5, 0.6) is 0 Å². The molecule has 154 valence electrons. The Morgan fingerprint density at radius 3 is 2.41 bits per heavy atom. The molecule has 2 aromatic carbocycles. The van der Waals surface area contributed by atoms with E-state index in [4.69, 9.17) is 16.3 Å². The first-order valence-corrected chi connectivity index (χ1v) is 11.3. The molecule has 1 saturated carbocycles. The summed E-state index contributed by atoms with van der Waals surface area (Å²) >= 11 is 6.27. The third-order valence-corrected chi connectivity index (χ3v) is 7.04. The van der Waals surface area contributed by atoms with Crippen molar-refractivity contribution in [2.75, 3.05) is 6.61 Å². The molecule has 0 spiro atoms. The molecule has 2 aliphatic rings. The molecule has 2 aromatic rings. The maximum atomic E-state index is 14.4. The van der Waals surface area contributed by atoms with Crippen LogP contribution in [0, 0.1) is 11.7 Å². The van der Waals surface area contributed by atoms with Gasteiger partial charge in [0.2, 0.25) is 0 Å². The molecule has 1 unspecified atom stereocenters. The van der Waals surface area contributed by atoms with Gasteiger partial charge in [-0.15, -0.1) is 6.58 Å². The number of benzene rings is 2. The van der Waals surface area contributed by atoms with Gasteiger partial charge >= 0.3 is 0 Å². The molecular formula is C26H30ClFO. The van der Waals surface area contributed by atoms with E-state index in [1.54, 1.807) is 0 Å². The normalized spacial score (nSPS) is 23.7. The molecule has 1 aliphatic carbocycles. The molecule has 2 fully saturated rings. The fourth-order valence-corrected chi connectivity index (χ4v) is 4.91. The summed E-state index contributed by atoms with van der Waals surface area (Å²) in [6, 6.07) is 12.8. The summed E-state index contributed by atoms with van der Waals surface area (Å²) in [4.78, 5) is 0. The maximum absolute atomic E-state index is 14.4. The zero-order valence-electron chi connectivity index (χ0n) is 17.0. The summed E-state index contributed by atoms with van der Waals surface area (Å²) in [7, 11) is 0. The minimum absolute atomic E-state index is 0.105. The molecule has 1 saturated heterocycles. The van der Waals surface area contributed by atoms with Gasteiger partial charge in [0.05, 0.1) is 11.6 Å². The minimum atomic E-state index is -0.314. The highest BCUT2D eigenvalue weighted by Crippen LogP contribution is 2.38. The topological polar surface area (TPSA) is 12.5 Å². The molecule has 1 nitrogen and oxygen atoms in total. The Bertz CT molecular complexity index is 833. The highest BCUT2D eigenvalue weighted by atomic mass is 35.5. The van der Waals surface area contributed by atoms with Crippen LogP contribution in [0.1, 0.15) is 72.8 Å². The van der Waals surface area contributed by atoms with Crippen molar-refractivity contribution < 1.29 is 9.13 Å². The molecule has 1 atom stereocenters. The molecule has 1 aliphatic heterocycles. The number of hydrogen-bond donors (Lipinski definition) is 0. The predicted molar refractivity (Wildman–Crippen MR) is 118 cm³/mol. The van der Waals surface area contributed by atoms with Gasteiger partial charge in [0, 0.05) is 5.56 Å². The Morgan fingerprint density at radius 1 is 1.03 bits per heavy atom. The third-order valence-electron chi connectivity index (χ3n) is 6.63. The monoisotopic (exact) mass is 412 g/mol. The van der Waals surface area contributed by atoms with Crippen molar-refractivity contribution in [2.45, 2.75) is 63.4 Å². The molecule has 0 aromatic heterocycles. The lowest BCUT2D eigenvalue weighted by Crippen LogP contribution is -2.13. The van der Waals surface area contributed by atoms with Crippen LogP contribution < -0.4 is 0 Å². The van der Waals surface area contributed by atoms with Crippen molar-refractivity contribution >= 4 is 11.6 Å². The van der Waals surface area contributed by atoms with Crippen molar-refractivity contribution in [3.63, 3.8) is 0 Å². The first-order chi connectivity index (χ1) is 14.2. The van der Waals surface area contributed by atoms with Gasteiger partial charge in [0.15, 0.2) is 0 Å². The van der Waals surface area contributed by atoms with Crippen LogP contribution in [0.15, 0.2) is 49.1 Å². The maximum Gasteiger partial charge on any atom is 0.147 e. The Balaban J connectivity index is 1.31. The van der Waals surface area contributed by atoms with E-state index < -0.39 is 0 Å². The highest BCUT2D eigenvalue weighted by Gasteiger charge is 2.29. The van der Waals surface area contributed by atoms with Crippen molar-refractivity contribution in [1.82, 2.24) is 0 Å². The summed E-state index contributed by atoms with van der Waals surface area (Å²) < 4.78 is 19.6. The third kappa shape index (κ3) is 5.10. The quantitative estimate of drug-likeness (QED) is 0.321. The standard InChI is InChI=1S/C26H30ClFO/c1-2-3-4-18-5-10-20(11-6-18)21-12-7-19(8-13-21)9-14-22-15-16-23(24-17-29-24)26(28)25(22)27/h2,7-8,12-13,15-16,18,20,24H,1,3-6,9-11,14,17H2. The van der Waals surface area contributed by atoms with E-state index in [1.807, 2.05) is 18.2 Å². The lowest BCUT2D eigenvalue weighted by atomic mass is 9.77. The van der Waals surface area contributed by atoms with Crippen LogP contribution in [0.2, 0.25) is 5.02 Å². The number of halogens is 2. The van der Waals surface area contributed by atoms with Gasteiger partial charge in [-0.1, -0.05) is 54.1 Å². The second-order valence-corrected chi connectivity index (χ2v) is 8.97. The highest BCUT2D eigenvalue weighted by molar-refractivity contribution is 6.31. The number of aryl methyl sites for hydroxylation is 2. The summed E-state index contributed by atoms with van der Waals surface area (Å²) in [5.74, 6) is 1.27. The smallest absolute Gasteiger partial charge is 0.147 e. The molecule has 0 amide bonds. The minimum Gasteiger partial charge on any atom is -0.368 e. The Hall–Kier alpha value is -1.64. The molecule has 29 heavy (non-hydrogen) atoms. The van der Waals surface area contributed by atoms with Crippen molar-refractivity contribution in [3.05, 3.63) is 82.1 Å². The van der Waals surface area contributed by atoms with Crippen LogP contribution in [0.25, 0.3) is 0 Å². The zero-order chi connectivity index (χ0) is 20.2. The van der Waals surface area contributed by atoms with Crippen LogP contribution >= 0.6 is 11.6 Å². The number of allylic oxidation sites excluding steroid dienone is 1. The molecule has 3 heteroatoms.